The molecule has 0 fully saturated rings. The van der Waals surface area contributed by atoms with Gasteiger partial charge < -0.3 is 4.74 Å². The van der Waals surface area contributed by atoms with Gasteiger partial charge in [-0.15, -0.1) is 0 Å². The molecule has 0 N–H and O–H groups in total. The minimum atomic E-state index is 0.0546. The summed E-state index contributed by atoms with van der Waals surface area (Å²) < 4.78 is 5.81. The van der Waals surface area contributed by atoms with Crippen LogP contribution in [-0.2, 0) is 4.74 Å². The van der Waals surface area contributed by atoms with Crippen molar-refractivity contribution >= 4 is 0 Å². The van der Waals surface area contributed by atoms with Crippen molar-refractivity contribution in [2.45, 2.75) is 79.1 Å². The molecular weight excluding hydrogens is 352 g/mol. The second-order valence-corrected chi connectivity index (χ2v) is 9.18. The molecule has 0 heterocycles. The molecule has 1 heteroatoms. The lowest BCUT2D eigenvalue weighted by atomic mass is 9.73. The fraction of sp³-hybridized carbons (Fsp3) is 0.571. The molecule has 0 aromatic heterocycles. The van der Waals surface area contributed by atoms with Crippen LogP contribution in [0.4, 0.5) is 0 Å². The lowest BCUT2D eigenvalue weighted by Crippen LogP contribution is -2.22. The maximum atomic E-state index is 5.81. The van der Waals surface area contributed by atoms with Gasteiger partial charge in [-0.3, -0.25) is 0 Å². The normalized spacial score (nSPS) is 20.2. The fourth-order valence-electron chi connectivity index (χ4n) is 4.56. The quantitative estimate of drug-likeness (QED) is 0.237. The molecule has 1 aliphatic carbocycles. The van der Waals surface area contributed by atoms with E-state index in [1.807, 2.05) is 18.2 Å². The summed E-state index contributed by atoms with van der Waals surface area (Å²) in [4.78, 5) is 0. The number of methoxy groups -OCH3 is 1. The van der Waals surface area contributed by atoms with Crippen LogP contribution in [0, 0.1) is 17.3 Å². The predicted octanol–water partition coefficient (Wildman–Crippen LogP) is 8.73. The Hall–Kier alpha value is -1.76. The van der Waals surface area contributed by atoms with Crippen molar-refractivity contribution in [3.8, 4) is 0 Å². The van der Waals surface area contributed by atoms with Crippen molar-refractivity contribution in [2.75, 3.05) is 7.11 Å². The topological polar surface area (TPSA) is 9.23 Å². The number of hydrogen-bond donors (Lipinski definition) is 0. The summed E-state index contributed by atoms with van der Waals surface area (Å²) in [6.45, 7) is 17.1. The SMILES string of the molecule is C=C/C=C\C1=CCCCC(CC(C)(C)C(=C/CC(C)CCC)/C(=C\C=C)OC)C1. The van der Waals surface area contributed by atoms with Gasteiger partial charge >= 0.3 is 0 Å². The van der Waals surface area contributed by atoms with Gasteiger partial charge in [0.2, 0.25) is 0 Å². The zero-order chi connectivity index (χ0) is 21.7. The highest BCUT2D eigenvalue weighted by Gasteiger charge is 2.30. The minimum absolute atomic E-state index is 0.0546. The summed E-state index contributed by atoms with van der Waals surface area (Å²) in [6.07, 6.45) is 24.5. The molecule has 0 saturated heterocycles. The molecule has 0 amide bonds. The van der Waals surface area contributed by atoms with E-state index < -0.39 is 0 Å². The van der Waals surface area contributed by atoms with E-state index in [9.17, 15) is 0 Å². The largest absolute Gasteiger partial charge is 0.496 e. The Balaban J connectivity index is 3.08. The molecule has 0 saturated carbocycles. The second-order valence-electron chi connectivity index (χ2n) is 9.18. The highest BCUT2D eigenvalue weighted by Crippen LogP contribution is 2.42. The lowest BCUT2D eigenvalue weighted by molar-refractivity contribution is 0.249. The molecule has 0 bridgehead atoms. The smallest absolute Gasteiger partial charge is 0.122 e. The first-order valence-electron chi connectivity index (χ1n) is 11.4. The third-order valence-corrected chi connectivity index (χ3v) is 5.98. The van der Waals surface area contributed by atoms with Gasteiger partial charge in [0.25, 0.3) is 0 Å². The van der Waals surface area contributed by atoms with Crippen LogP contribution in [0.5, 0.6) is 0 Å². The van der Waals surface area contributed by atoms with Gasteiger partial charge in [0.05, 0.1) is 7.11 Å². The third kappa shape index (κ3) is 9.07. The monoisotopic (exact) mass is 396 g/mol. The van der Waals surface area contributed by atoms with E-state index in [0.29, 0.717) is 11.8 Å². The van der Waals surface area contributed by atoms with E-state index in [-0.39, 0.29) is 5.41 Å². The lowest BCUT2D eigenvalue weighted by Gasteiger charge is -2.33. The van der Waals surface area contributed by atoms with E-state index in [2.05, 4.69) is 65.2 Å². The summed E-state index contributed by atoms with van der Waals surface area (Å²) in [7, 11) is 1.78. The molecule has 162 valence electrons. The molecule has 0 aromatic carbocycles. The molecule has 0 radical (unpaired) electrons. The zero-order valence-electron chi connectivity index (χ0n) is 19.7. The van der Waals surface area contributed by atoms with E-state index in [0.717, 1.165) is 25.0 Å². The van der Waals surface area contributed by atoms with Gasteiger partial charge in [-0.25, -0.2) is 0 Å². The van der Waals surface area contributed by atoms with E-state index in [1.165, 1.54) is 43.3 Å². The summed E-state index contributed by atoms with van der Waals surface area (Å²) in [6, 6.07) is 0. The van der Waals surface area contributed by atoms with E-state index >= 15 is 0 Å². The number of hydrogen-bond acceptors (Lipinski definition) is 1. The molecule has 1 nitrogen and oxygen atoms in total. The Kier molecular flexibility index (Phi) is 11.7. The third-order valence-electron chi connectivity index (χ3n) is 5.98. The van der Waals surface area contributed by atoms with Gasteiger partial charge in [-0.2, -0.15) is 0 Å². The van der Waals surface area contributed by atoms with Crippen LogP contribution in [0.3, 0.4) is 0 Å². The molecule has 29 heavy (non-hydrogen) atoms. The van der Waals surface area contributed by atoms with Gasteiger partial charge in [0, 0.05) is 0 Å². The Morgan fingerprint density at radius 1 is 1.31 bits per heavy atom. The summed E-state index contributed by atoms with van der Waals surface area (Å²) in [5, 5.41) is 0. The predicted molar refractivity (Wildman–Crippen MR) is 130 cm³/mol. The van der Waals surface area contributed by atoms with E-state index in [1.54, 1.807) is 7.11 Å². The van der Waals surface area contributed by atoms with E-state index in [4.69, 9.17) is 4.74 Å². The number of ether oxygens (including phenoxy) is 1. The molecule has 0 spiro atoms. The Morgan fingerprint density at radius 2 is 2.07 bits per heavy atom. The van der Waals surface area contributed by atoms with Crippen molar-refractivity contribution < 1.29 is 4.74 Å². The molecule has 2 unspecified atom stereocenters. The Labute approximate surface area is 181 Å². The number of rotatable bonds is 12. The maximum Gasteiger partial charge on any atom is 0.122 e. The van der Waals surface area contributed by atoms with Crippen LogP contribution >= 0.6 is 0 Å². The molecule has 1 rings (SSSR count). The van der Waals surface area contributed by atoms with Gasteiger partial charge in [-0.05, 0) is 67.4 Å². The van der Waals surface area contributed by atoms with Crippen LogP contribution in [-0.4, -0.2) is 7.11 Å². The Bertz CT molecular complexity index is 627. The molecule has 0 aliphatic heterocycles. The van der Waals surface area contributed by atoms with Crippen molar-refractivity contribution in [3.05, 3.63) is 72.6 Å². The minimum Gasteiger partial charge on any atom is -0.496 e. The first-order valence-corrected chi connectivity index (χ1v) is 11.4. The van der Waals surface area contributed by atoms with Crippen molar-refractivity contribution in [3.63, 3.8) is 0 Å². The average Bonchev–Trinajstić information content (AvgIpc) is 2.90. The molecule has 0 aromatic rings. The van der Waals surface area contributed by atoms with Crippen molar-refractivity contribution in [1.29, 1.82) is 0 Å². The molecule has 1 aliphatic rings. The van der Waals surface area contributed by atoms with Crippen LogP contribution < -0.4 is 0 Å². The van der Waals surface area contributed by atoms with Crippen molar-refractivity contribution in [2.24, 2.45) is 17.3 Å². The second kappa shape index (κ2) is 13.5. The number of allylic oxidation sites excluding steroid dienone is 9. The van der Waals surface area contributed by atoms with Gasteiger partial charge in [-0.1, -0.05) is 95.7 Å². The first kappa shape index (κ1) is 25.3. The van der Waals surface area contributed by atoms with Crippen LogP contribution in [0.1, 0.15) is 79.1 Å². The van der Waals surface area contributed by atoms with Crippen LogP contribution in [0.25, 0.3) is 0 Å². The maximum absolute atomic E-state index is 5.81. The van der Waals surface area contributed by atoms with Crippen molar-refractivity contribution in [1.82, 2.24) is 0 Å². The highest BCUT2D eigenvalue weighted by atomic mass is 16.5. The van der Waals surface area contributed by atoms with Crippen LogP contribution in [0.15, 0.2) is 72.6 Å². The zero-order valence-corrected chi connectivity index (χ0v) is 19.7. The molecular formula is C28H44O. The van der Waals surface area contributed by atoms with Gasteiger partial charge in [0.15, 0.2) is 0 Å². The van der Waals surface area contributed by atoms with Crippen LogP contribution in [0.2, 0.25) is 0 Å². The fourth-order valence-corrected chi connectivity index (χ4v) is 4.56. The molecule has 2 atom stereocenters. The highest BCUT2D eigenvalue weighted by molar-refractivity contribution is 5.34. The first-order chi connectivity index (χ1) is 13.9. The summed E-state index contributed by atoms with van der Waals surface area (Å²) >= 11 is 0. The standard InChI is InChI=1S/C28H44O/c1-8-11-16-24-17-12-13-18-25(21-24)22-28(5,6)26(27(29-7)15-10-3)20-19-23(4)14-9-2/h8,10-11,15-17,20,23,25H,1,3,9,12-14,18-19,21-22H2,2,4-7H3/b16-11-,26-20+,27-15+. The summed E-state index contributed by atoms with van der Waals surface area (Å²) in [5.41, 5.74) is 2.84. The van der Waals surface area contributed by atoms with Gasteiger partial charge in [0.1, 0.15) is 5.76 Å². The summed E-state index contributed by atoms with van der Waals surface area (Å²) in [5.74, 6) is 2.35. The average molecular weight is 397 g/mol. The Morgan fingerprint density at radius 3 is 2.69 bits per heavy atom.